The summed E-state index contributed by atoms with van der Waals surface area (Å²) in [7, 11) is 0. The van der Waals surface area contributed by atoms with E-state index in [9.17, 15) is 22.0 Å². The second kappa shape index (κ2) is 3.80. The van der Waals surface area contributed by atoms with E-state index in [2.05, 4.69) is 4.98 Å². The average molecular weight is 247 g/mol. The molecule has 0 atom stereocenters. The predicted molar refractivity (Wildman–Crippen MR) is 43.6 cm³/mol. The van der Waals surface area contributed by atoms with E-state index in [1.165, 1.54) is 0 Å². The molecule has 0 fully saturated rings. The summed E-state index contributed by atoms with van der Waals surface area (Å²) in [5, 5.41) is -0.571. The van der Waals surface area contributed by atoms with Gasteiger partial charge in [0.15, 0.2) is 5.15 Å². The van der Waals surface area contributed by atoms with Crippen molar-refractivity contribution >= 4 is 17.3 Å². The fraction of sp³-hybridized carbons (Fsp3) is 0.286. The van der Waals surface area contributed by atoms with E-state index in [0.717, 1.165) is 0 Å². The second-order valence-corrected chi connectivity index (χ2v) is 2.96. The number of nitrogens with two attached hydrogens (primary N) is 1. The van der Waals surface area contributed by atoms with E-state index >= 15 is 0 Å². The van der Waals surface area contributed by atoms with Crippen LogP contribution in [0.15, 0.2) is 6.07 Å². The Morgan fingerprint density at radius 1 is 1.33 bits per heavy atom. The highest BCUT2D eigenvalue weighted by atomic mass is 35.5. The molecule has 0 aromatic carbocycles. The van der Waals surface area contributed by atoms with Crippen molar-refractivity contribution < 1.29 is 22.0 Å². The van der Waals surface area contributed by atoms with Crippen LogP contribution in [0.1, 0.15) is 17.7 Å². The van der Waals surface area contributed by atoms with Crippen molar-refractivity contribution in [2.75, 3.05) is 5.73 Å². The minimum absolute atomic E-state index is 0.344. The van der Waals surface area contributed by atoms with E-state index in [0.29, 0.717) is 6.07 Å². The van der Waals surface area contributed by atoms with Gasteiger partial charge in [-0.3, -0.25) is 0 Å². The topological polar surface area (TPSA) is 38.9 Å². The molecule has 0 aliphatic heterocycles. The first kappa shape index (κ1) is 12.0. The van der Waals surface area contributed by atoms with E-state index in [1.807, 2.05) is 0 Å². The largest absolute Gasteiger partial charge is 0.418 e. The van der Waals surface area contributed by atoms with Crippen molar-refractivity contribution in [3.8, 4) is 0 Å². The molecule has 0 amide bonds. The minimum Gasteiger partial charge on any atom is -0.396 e. The molecule has 1 aromatic heterocycles. The minimum atomic E-state index is -4.93. The molecule has 1 rings (SSSR count). The van der Waals surface area contributed by atoms with Crippen molar-refractivity contribution in [3.05, 3.63) is 22.5 Å². The quantitative estimate of drug-likeness (QED) is 0.610. The number of nitrogen functional groups attached to an aromatic ring is 1. The van der Waals surface area contributed by atoms with Gasteiger partial charge in [-0.2, -0.15) is 13.2 Å². The Kier molecular flexibility index (Phi) is 3.03. The first-order valence-electron chi connectivity index (χ1n) is 3.54. The van der Waals surface area contributed by atoms with Crippen LogP contribution in [0.2, 0.25) is 5.15 Å². The second-order valence-electron chi connectivity index (χ2n) is 2.60. The normalized spacial score (nSPS) is 12.2. The first-order valence-corrected chi connectivity index (χ1v) is 3.92. The summed E-state index contributed by atoms with van der Waals surface area (Å²) in [6, 6.07) is 0.344. The molecule has 2 nitrogen and oxygen atoms in total. The Bertz CT molecular complexity index is 376. The molecule has 0 bridgehead atoms. The van der Waals surface area contributed by atoms with Crippen LogP contribution in [0, 0.1) is 0 Å². The summed E-state index contributed by atoms with van der Waals surface area (Å²) in [4.78, 5) is 2.91. The molecule has 0 aliphatic rings. The fourth-order valence-electron chi connectivity index (χ4n) is 0.913. The van der Waals surface area contributed by atoms with E-state index < -0.39 is 34.7 Å². The molecule has 0 saturated heterocycles. The van der Waals surface area contributed by atoms with Crippen molar-refractivity contribution in [3.63, 3.8) is 0 Å². The highest BCUT2D eigenvalue weighted by molar-refractivity contribution is 6.31. The molecule has 8 heteroatoms. The number of hydrogen-bond donors (Lipinski definition) is 1. The molecule has 2 N–H and O–H groups in total. The van der Waals surface area contributed by atoms with Gasteiger partial charge in [-0.15, -0.1) is 0 Å². The maximum atomic E-state index is 12.2. The third-order valence-corrected chi connectivity index (χ3v) is 1.85. The summed E-state index contributed by atoms with van der Waals surface area (Å²) in [5.41, 5.74) is 1.57. The van der Waals surface area contributed by atoms with Crippen LogP contribution in [-0.2, 0) is 6.18 Å². The van der Waals surface area contributed by atoms with Crippen LogP contribution in [0.25, 0.3) is 0 Å². The standard InChI is InChI=1S/C7H4ClF5N2/c8-5-3(14)1-2(7(11,12)13)4(15-5)6(9)10/h1,6H,14H2. The maximum Gasteiger partial charge on any atom is 0.418 e. The van der Waals surface area contributed by atoms with Gasteiger partial charge in [-0.1, -0.05) is 11.6 Å². The van der Waals surface area contributed by atoms with Gasteiger partial charge in [-0.05, 0) is 6.07 Å². The Morgan fingerprint density at radius 3 is 2.27 bits per heavy atom. The molecular weight excluding hydrogens is 243 g/mol. The molecule has 1 heterocycles. The number of anilines is 1. The van der Waals surface area contributed by atoms with Crippen LogP contribution < -0.4 is 5.73 Å². The van der Waals surface area contributed by atoms with Crippen molar-refractivity contribution in [2.24, 2.45) is 0 Å². The summed E-state index contributed by atoms with van der Waals surface area (Å²) in [6.07, 6.45) is -8.29. The van der Waals surface area contributed by atoms with Gasteiger partial charge in [0.1, 0.15) is 5.69 Å². The summed E-state index contributed by atoms with van der Waals surface area (Å²) >= 11 is 5.24. The Hall–Kier alpha value is -1.11. The van der Waals surface area contributed by atoms with Gasteiger partial charge in [0.05, 0.1) is 11.3 Å². The SMILES string of the molecule is Nc1cc(C(F)(F)F)c(C(F)F)nc1Cl. The molecule has 0 saturated carbocycles. The summed E-state index contributed by atoms with van der Waals surface area (Å²) in [6.45, 7) is 0. The lowest BCUT2D eigenvalue weighted by Crippen LogP contribution is -2.12. The zero-order valence-corrected chi connectivity index (χ0v) is 7.70. The van der Waals surface area contributed by atoms with Crippen molar-refractivity contribution in [2.45, 2.75) is 12.6 Å². The van der Waals surface area contributed by atoms with Crippen LogP contribution in [0.4, 0.5) is 27.6 Å². The molecule has 84 valence electrons. The molecular formula is C7H4ClF5N2. The molecule has 1 aromatic rings. The molecule has 15 heavy (non-hydrogen) atoms. The number of halogens is 6. The van der Waals surface area contributed by atoms with Crippen LogP contribution in [0.5, 0.6) is 0 Å². The predicted octanol–water partition coefficient (Wildman–Crippen LogP) is 3.27. The van der Waals surface area contributed by atoms with Crippen LogP contribution in [0.3, 0.4) is 0 Å². The molecule has 0 unspecified atom stereocenters. The zero-order valence-electron chi connectivity index (χ0n) is 6.95. The Labute approximate surface area is 85.9 Å². The van der Waals surface area contributed by atoms with Gasteiger partial charge in [-0.25, -0.2) is 13.8 Å². The monoisotopic (exact) mass is 246 g/mol. The van der Waals surface area contributed by atoms with Gasteiger partial charge in [0.25, 0.3) is 6.43 Å². The van der Waals surface area contributed by atoms with Gasteiger partial charge in [0.2, 0.25) is 0 Å². The lowest BCUT2D eigenvalue weighted by molar-refractivity contribution is -0.139. The van der Waals surface area contributed by atoms with Crippen molar-refractivity contribution in [1.82, 2.24) is 4.98 Å². The zero-order chi connectivity index (χ0) is 11.8. The lowest BCUT2D eigenvalue weighted by atomic mass is 10.2. The number of alkyl halides is 5. The number of aromatic nitrogens is 1. The molecule has 0 spiro atoms. The highest BCUT2D eigenvalue weighted by Gasteiger charge is 2.37. The van der Waals surface area contributed by atoms with Gasteiger partial charge >= 0.3 is 6.18 Å². The maximum absolute atomic E-state index is 12.2. The number of hydrogen-bond acceptors (Lipinski definition) is 2. The third kappa shape index (κ3) is 2.47. The van der Waals surface area contributed by atoms with E-state index in [1.54, 1.807) is 0 Å². The van der Waals surface area contributed by atoms with Crippen LogP contribution >= 0.6 is 11.6 Å². The van der Waals surface area contributed by atoms with Crippen LogP contribution in [-0.4, -0.2) is 4.98 Å². The summed E-state index contributed by atoms with van der Waals surface area (Å²) in [5.74, 6) is 0. The highest BCUT2D eigenvalue weighted by Crippen LogP contribution is 2.37. The van der Waals surface area contributed by atoms with Gasteiger partial charge < -0.3 is 5.73 Å². The molecule has 0 radical (unpaired) electrons. The first-order chi connectivity index (χ1) is 6.73. The Morgan fingerprint density at radius 2 is 1.87 bits per heavy atom. The van der Waals surface area contributed by atoms with E-state index in [4.69, 9.17) is 17.3 Å². The third-order valence-electron chi connectivity index (χ3n) is 1.54. The smallest absolute Gasteiger partial charge is 0.396 e. The molecule has 0 aliphatic carbocycles. The lowest BCUT2D eigenvalue weighted by Gasteiger charge is -2.12. The average Bonchev–Trinajstić information content (AvgIpc) is 2.06. The number of nitrogens with zero attached hydrogens (tertiary/aromatic N) is 1. The number of rotatable bonds is 1. The fourth-order valence-corrected chi connectivity index (χ4v) is 1.06. The number of pyridine rings is 1. The summed E-state index contributed by atoms with van der Waals surface area (Å²) < 4.78 is 61.2. The Balaban J connectivity index is 3.42. The van der Waals surface area contributed by atoms with E-state index in [-0.39, 0.29) is 0 Å². The van der Waals surface area contributed by atoms with Crippen molar-refractivity contribution in [1.29, 1.82) is 0 Å². The van der Waals surface area contributed by atoms with Gasteiger partial charge in [0, 0.05) is 0 Å².